The van der Waals surface area contributed by atoms with E-state index in [0.717, 1.165) is 23.8 Å². The number of rotatable bonds is 3. The molecule has 0 amide bonds. The normalized spacial score (nSPS) is 34.6. The topological polar surface area (TPSA) is 6.48 Å². The van der Waals surface area contributed by atoms with Gasteiger partial charge in [0.25, 0.3) is 0 Å². The Bertz CT molecular complexity index is 466. The van der Waals surface area contributed by atoms with Crippen LogP contribution >= 0.6 is 0 Å². The largest absolute Gasteiger partial charge is 0.306 e. The summed E-state index contributed by atoms with van der Waals surface area (Å²) in [6.07, 6.45) is 5.88. The van der Waals surface area contributed by atoms with Crippen LogP contribution in [0, 0.1) is 17.8 Å². The van der Waals surface area contributed by atoms with Crippen LogP contribution in [0.25, 0.3) is 0 Å². The fourth-order valence-corrected chi connectivity index (χ4v) is 5.33. The van der Waals surface area contributed by atoms with Gasteiger partial charge < -0.3 is 4.90 Å². The van der Waals surface area contributed by atoms with Crippen LogP contribution in [-0.2, 0) is 6.54 Å². The summed E-state index contributed by atoms with van der Waals surface area (Å²) in [7, 11) is 2.31. The third kappa shape index (κ3) is 2.64. The Morgan fingerprint density at radius 3 is 2.48 bits per heavy atom. The molecule has 2 heteroatoms. The smallest absolute Gasteiger partial charge is 0.0237 e. The van der Waals surface area contributed by atoms with Crippen LogP contribution in [0.15, 0.2) is 30.3 Å². The van der Waals surface area contributed by atoms with Gasteiger partial charge in [-0.25, -0.2) is 0 Å². The summed E-state index contributed by atoms with van der Waals surface area (Å²) in [6.45, 7) is 5.14. The number of fused-ring (bicyclic) bond motifs is 1. The lowest BCUT2D eigenvalue weighted by Crippen LogP contribution is -2.40. The quantitative estimate of drug-likeness (QED) is 0.841. The third-order valence-electron chi connectivity index (χ3n) is 6.11. The van der Waals surface area contributed by atoms with Gasteiger partial charge in [0.15, 0.2) is 0 Å². The van der Waals surface area contributed by atoms with E-state index in [1.807, 2.05) is 0 Å². The lowest BCUT2D eigenvalue weighted by atomic mass is 9.85. The molecule has 114 valence electrons. The molecule has 1 aliphatic carbocycles. The van der Waals surface area contributed by atoms with Gasteiger partial charge in [-0.15, -0.1) is 0 Å². The molecule has 0 unspecified atom stereocenters. The first kappa shape index (κ1) is 13.8. The van der Waals surface area contributed by atoms with E-state index in [-0.39, 0.29) is 0 Å². The van der Waals surface area contributed by atoms with E-state index in [1.165, 1.54) is 57.4 Å². The Hall–Kier alpha value is -0.860. The highest BCUT2D eigenvalue weighted by atomic mass is 15.3. The van der Waals surface area contributed by atoms with Crippen molar-refractivity contribution in [1.29, 1.82) is 0 Å². The molecule has 2 saturated heterocycles. The van der Waals surface area contributed by atoms with Crippen molar-refractivity contribution in [2.75, 3.05) is 26.7 Å². The molecule has 0 radical (unpaired) electrons. The summed E-state index contributed by atoms with van der Waals surface area (Å²) in [5.74, 6) is 2.82. The summed E-state index contributed by atoms with van der Waals surface area (Å²) < 4.78 is 0. The van der Waals surface area contributed by atoms with Gasteiger partial charge in [-0.3, -0.25) is 4.90 Å². The zero-order valence-corrected chi connectivity index (χ0v) is 13.2. The standard InChI is InChI=1S/C19H28N2/c1-20-12-17-13-21(11-15-7-3-2-4-8-15)19(18(17)14-20)16-9-5-6-10-16/h2-4,7-8,16-19H,5-6,9-14H2,1H3/t17-,18+,19+/m1/s1. The summed E-state index contributed by atoms with van der Waals surface area (Å²) in [4.78, 5) is 5.41. The minimum absolute atomic E-state index is 0.850. The molecule has 21 heavy (non-hydrogen) atoms. The second-order valence-electron chi connectivity index (χ2n) is 7.60. The second-order valence-corrected chi connectivity index (χ2v) is 7.60. The van der Waals surface area contributed by atoms with Gasteiger partial charge in [-0.1, -0.05) is 43.2 Å². The van der Waals surface area contributed by atoms with Crippen molar-refractivity contribution in [3.8, 4) is 0 Å². The average molecular weight is 284 g/mol. The van der Waals surface area contributed by atoms with E-state index in [4.69, 9.17) is 0 Å². The van der Waals surface area contributed by atoms with E-state index in [2.05, 4.69) is 47.2 Å². The van der Waals surface area contributed by atoms with Crippen LogP contribution in [0.4, 0.5) is 0 Å². The number of hydrogen-bond donors (Lipinski definition) is 0. The predicted molar refractivity (Wildman–Crippen MR) is 87.1 cm³/mol. The maximum absolute atomic E-state index is 2.84. The van der Waals surface area contributed by atoms with Gasteiger partial charge >= 0.3 is 0 Å². The summed E-state index contributed by atoms with van der Waals surface area (Å²) >= 11 is 0. The Labute approximate surface area is 129 Å². The monoisotopic (exact) mass is 284 g/mol. The molecule has 2 heterocycles. The SMILES string of the molecule is CN1C[C@@H]2CN(Cc3ccccc3)[C@@H](C3CCCC3)[C@H]2C1. The third-order valence-corrected chi connectivity index (χ3v) is 6.11. The van der Waals surface area contributed by atoms with Gasteiger partial charge in [0.05, 0.1) is 0 Å². The van der Waals surface area contributed by atoms with Crippen molar-refractivity contribution in [1.82, 2.24) is 9.80 Å². The van der Waals surface area contributed by atoms with E-state index >= 15 is 0 Å². The Morgan fingerprint density at radius 2 is 1.71 bits per heavy atom. The van der Waals surface area contributed by atoms with Crippen molar-refractivity contribution in [2.45, 2.75) is 38.3 Å². The molecule has 2 nitrogen and oxygen atoms in total. The number of hydrogen-bond acceptors (Lipinski definition) is 2. The Morgan fingerprint density at radius 1 is 0.952 bits per heavy atom. The highest BCUT2D eigenvalue weighted by Gasteiger charge is 2.48. The number of benzene rings is 1. The molecule has 3 fully saturated rings. The zero-order chi connectivity index (χ0) is 14.2. The molecule has 0 bridgehead atoms. The van der Waals surface area contributed by atoms with Crippen LogP contribution in [0.2, 0.25) is 0 Å². The van der Waals surface area contributed by atoms with Crippen molar-refractivity contribution in [2.24, 2.45) is 17.8 Å². The fourth-order valence-electron chi connectivity index (χ4n) is 5.33. The Balaban J connectivity index is 1.54. The lowest BCUT2D eigenvalue weighted by Gasteiger charge is -2.33. The zero-order valence-electron chi connectivity index (χ0n) is 13.2. The molecule has 3 aliphatic rings. The summed E-state index contributed by atoms with van der Waals surface area (Å²) in [5, 5.41) is 0. The molecule has 1 saturated carbocycles. The first-order chi connectivity index (χ1) is 10.3. The fraction of sp³-hybridized carbons (Fsp3) is 0.684. The van der Waals surface area contributed by atoms with Crippen LogP contribution < -0.4 is 0 Å². The molecule has 2 aliphatic heterocycles. The van der Waals surface area contributed by atoms with Crippen LogP contribution in [0.1, 0.15) is 31.2 Å². The highest BCUT2D eigenvalue weighted by Crippen LogP contribution is 2.44. The lowest BCUT2D eigenvalue weighted by molar-refractivity contribution is 0.142. The molecule has 4 rings (SSSR count). The maximum atomic E-state index is 2.84. The first-order valence-corrected chi connectivity index (χ1v) is 8.78. The number of likely N-dealkylation sites (tertiary alicyclic amines) is 2. The summed E-state index contributed by atoms with van der Waals surface area (Å²) in [6, 6.07) is 11.9. The molecular formula is C19H28N2. The highest BCUT2D eigenvalue weighted by molar-refractivity contribution is 5.16. The van der Waals surface area contributed by atoms with Crippen molar-refractivity contribution in [3.63, 3.8) is 0 Å². The van der Waals surface area contributed by atoms with Gasteiger partial charge in [0, 0.05) is 32.2 Å². The van der Waals surface area contributed by atoms with Crippen LogP contribution in [0.5, 0.6) is 0 Å². The van der Waals surface area contributed by atoms with Crippen molar-refractivity contribution >= 4 is 0 Å². The molecule has 1 aromatic rings. The molecule has 0 aromatic heterocycles. The van der Waals surface area contributed by atoms with Gasteiger partial charge in [0.1, 0.15) is 0 Å². The van der Waals surface area contributed by atoms with E-state index in [0.29, 0.717) is 0 Å². The molecular weight excluding hydrogens is 256 g/mol. The van der Waals surface area contributed by atoms with E-state index < -0.39 is 0 Å². The molecule has 0 spiro atoms. The second kappa shape index (κ2) is 5.73. The Kier molecular flexibility index (Phi) is 3.76. The maximum Gasteiger partial charge on any atom is 0.0237 e. The van der Waals surface area contributed by atoms with E-state index in [1.54, 1.807) is 0 Å². The number of nitrogens with zero attached hydrogens (tertiary/aromatic N) is 2. The van der Waals surface area contributed by atoms with Crippen molar-refractivity contribution in [3.05, 3.63) is 35.9 Å². The molecule has 1 aromatic carbocycles. The first-order valence-electron chi connectivity index (χ1n) is 8.78. The minimum atomic E-state index is 0.850. The summed E-state index contributed by atoms with van der Waals surface area (Å²) in [5.41, 5.74) is 1.49. The van der Waals surface area contributed by atoms with Crippen LogP contribution in [-0.4, -0.2) is 42.5 Å². The van der Waals surface area contributed by atoms with Crippen LogP contribution in [0.3, 0.4) is 0 Å². The average Bonchev–Trinajstić information content (AvgIpc) is 3.16. The predicted octanol–water partition coefficient (Wildman–Crippen LogP) is 3.24. The molecule has 0 N–H and O–H groups in total. The van der Waals surface area contributed by atoms with Gasteiger partial charge in [-0.2, -0.15) is 0 Å². The van der Waals surface area contributed by atoms with Gasteiger partial charge in [-0.05, 0) is 43.2 Å². The van der Waals surface area contributed by atoms with Crippen molar-refractivity contribution < 1.29 is 0 Å². The minimum Gasteiger partial charge on any atom is -0.306 e. The van der Waals surface area contributed by atoms with E-state index in [9.17, 15) is 0 Å². The molecule has 3 atom stereocenters. The van der Waals surface area contributed by atoms with Gasteiger partial charge in [0.2, 0.25) is 0 Å².